The molecule has 0 aliphatic heterocycles. The van der Waals surface area contributed by atoms with Crippen LogP contribution >= 0.6 is 0 Å². The summed E-state index contributed by atoms with van der Waals surface area (Å²) in [5.74, 6) is 0.528. The molecular weight excluding hydrogens is 240 g/mol. The van der Waals surface area contributed by atoms with Crippen molar-refractivity contribution >= 4 is 5.97 Å². The first kappa shape index (κ1) is 15.5. The summed E-state index contributed by atoms with van der Waals surface area (Å²) in [5, 5.41) is 0. The molecule has 0 aliphatic carbocycles. The first-order valence-corrected chi connectivity index (χ1v) is 6.83. The molecule has 3 heteroatoms. The zero-order chi connectivity index (χ0) is 14.6. The SMILES string of the molecule is CCOC(=O)C(CC)Oc1c(C)c(C)cc(C)c1C. The molecule has 0 amide bonds. The Hall–Kier alpha value is -1.51. The minimum absolute atomic E-state index is 0.289. The maximum atomic E-state index is 11.8. The van der Waals surface area contributed by atoms with Gasteiger partial charge in [-0.3, -0.25) is 0 Å². The van der Waals surface area contributed by atoms with Gasteiger partial charge >= 0.3 is 5.97 Å². The van der Waals surface area contributed by atoms with Crippen LogP contribution in [0.1, 0.15) is 42.5 Å². The van der Waals surface area contributed by atoms with Crippen LogP contribution in [0.25, 0.3) is 0 Å². The van der Waals surface area contributed by atoms with Crippen molar-refractivity contribution in [3.8, 4) is 5.75 Å². The number of hydrogen-bond acceptors (Lipinski definition) is 3. The Morgan fingerprint density at radius 1 is 1.11 bits per heavy atom. The second-order valence-electron chi connectivity index (χ2n) is 4.86. The van der Waals surface area contributed by atoms with Gasteiger partial charge in [0.2, 0.25) is 0 Å². The van der Waals surface area contributed by atoms with E-state index in [1.165, 1.54) is 11.1 Å². The summed E-state index contributed by atoms with van der Waals surface area (Å²) in [6.07, 6.45) is 0.0728. The minimum Gasteiger partial charge on any atom is -0.478 e. The summed E-state index contributed by atoms with van der Waals surface area (Å²) in [6, 6.07) is 2.14. The molecule has 0 N–H and O–H groups in total. The highest BCUT2D eigenvalue weighted by atomic mass is 16.6. The van der Waals surface area contributed by atoms with Crippen molar-refractivity contribution in [3.05, 3.63) is 28.3 Å². The fourth-order valence-corrected chi connectivity index (χ4v) is 2.03. The average Bonchev–Trinajstić information content (AvgIpc) is 2.37. The fraction of sp³-hybridized carbons (Fsp3) is 0.562. The van der Waals surface area contributed by atoms with E-state index in [4.69, 9.17) is 9.47 Å². The van der Waals surface area contributed by atoms with E-state index in [-0.39, 0.29) is 5.97 Å². The topological polar surface area (TPSA) is 35.5 Å². The summed E-state index contributed by atoms with van der Waals surface area (Å²) in [7, 11) is 0. The Kier molecular flexibility index (Phi) is 5.40. The van der Waals surface area contributed by atoms with Gasteiger partial charge in [-0.2, -0.15) is 0 Å². The lowest BCUT2D eigenvalue weighted by Gasteiger charge is -2.21. The Labute approximate surface area is 115 Å². The number of hydrogen-bond donors (Lipinski definition) is 0. The molecule has 0 fully saturated rings. The van der Waals surface area contributed by atoms with Crippen molar-refractivity contribution in [3.63, 3.8) is 0 Å². The Balaban J connectivity index is 3.07. The zero-order valence-electron chi connectivity index (χ0n) is 12.8. The van der Waals surface area contributed by atoms with E-state index in [0.717, 1.165) is 16.9 Å². The molecule has 0 radical (unpaired) electrons. The minimum atomic E-state index is -0.529. The molecule has 19 heavy (non-hydrogen) atoms. The summed E-state index contributed by atoms with van der Waals surface area (Å²) >= 11 is 0. The molecule has 0 aromatic heterocycles. The normalized spacial score (nSPS) is 12.1. The molecule has 1 atom stereocenters. The van der Waals surface area contributed by atoms with Crippen LogP contribution in [0.3, 0.4) is 0 Å². The molecule has 3 nitrogen and oxygen atoms in total. The predicted octanol–water partition coefficient (Wildman–Crippen LogP) is 3.64. The van der Waals surface area contributed by atoms with Crippen molar-refractivity contribution in [2.45, 2.75) is 54.1 Å². The van der Waals surface area contributed by atoms with E-state index >= 15 is 0 Å². The van der Waals surface area contributed by atoms with Crippen molar-refractivity contribution in [1.82, 2.24) is 0 Å². The van der Waals surface area contributed by atoms with Crippen LogP contribution in [0.2, 0.25) is 0 Å². The molecule has 1 unspecified atom stereocenters. The first-order chi connectivity index (χ1) is 8.92. The van der Waals surface area contributed by atoms with Gasteiger partial charge in [-0.25, -0.2) is 4.79 Å². The Bertz CT molecular complexity index is 437. The molecule has 0 saturated carbocycles. The maximum Gasteiger partial charge on any atom is 0.347 e. The Morgan fingerprint density at radius 3 is 2.05 bits per heavy atom. The summed E-state index contributed by atoms with van der Waals surface area (Å²) < 4.78 is 11.0. The number of aryl methyl sites for hydroxylation is 2. The van der Waals surface area contributed by atoms with E-state index in [9.17, 15) is 4.79 Å². The van der Waals surface area contributed by atoms with Crippen LogP contribution < -0.4 is 4.74 Å². The number of carbonyl (C=O) groups excluding carboxylic acids is 1. The van der Waals surface area contributed by atoms with Crippen molar-refractivity contribution in [1.29, 1.82) is 0 Å². The standard InChI is InChI=1S/C16H24O3/c1-7-14(16(17)18-8-2)19-15-12(5)10(3)9-11(4)13(15)6/h9,14H,7-8H2,1-6H3. The lowest BCUT2D eigenvalue weighted by atomic mass is 10.00. The molecule has 0 spiro atoms. The monoisotopic (exact) mass is 264 g/mol. The Morgan fingerprint density at radius 2 is 1.63 bits per heavy atom. The third kappa shape index (κ3) is 3.49. The highest BCUT2D eigenvalue weighted by molar-refractivity contribution is 5.75. The van der Waals surface area contributed by atoms with Gasteiger partial charge < -0.3 is 9.47 Å². The van der Waals surface area contributed by atoms with E-state index in [0.29, 0.717) is 13.0 Å². The van der Waals surface area contributed by atoms with Crippen LogP contribution in [-0.4, -0.2) is 18.7 Å². The first-order valence-electron chi connectivity index (χ1n) is 6.83. The number of benzene rings is 1. The predicted molar refractivity (Wildman–Crippen MR) is 76.7 cm³/mol. The highest BCUT2D eigenvalue weighted by Gasteiger charge is 2.22. The van der Waals surface area contributed by atoms with Gasteiger partial charge in [-0.1, -0.05) is 13.0 Å². The highest BCUT2D eigenvalue weighted by Crippen LogP contribution is 2.30. The van der Waals surface area contributed by atoms with Crippen molar-refractivity contribution in [2.75, 3.05) is 6.61 Å². The fourth-order valence-electron chi connectivity index (χ4n) is 2.03. The molecule has 0 bridgehead atoms. The van der Waals surface area contributed by atoms with E-state index in [1.807, 2.05) is 20.8 Å². The van der Waals surface area contributed by atoms with E-state index < -0.39 is 6.10 Å². The van der Waals surface area contributed by atoms with Gasteiger partial charge in [0, 0.05) is 0 Å². The number of ether oxygens (including phenoxy) is 2. The lowest BCUT2D eigenvalue weighted by Crippen LogP contribution is -2.29. The molecular formula is C16H24O3. The van der Waals surface area contributed by atoms with Gasteiger partial charge in [-0.15, -0.1) is 0 Å². The number of esters is 1. The van der Waals surface area contributed by atoms with Crippen LogP contribution in [0.5, 0.6) is 5.75 Å². The summed E-state index contributed by atoms with van der Waals surface area (Å²) in [5.41, 5.74) is 4.53. The van der Waals surface area contributed by atoms with Gasteiger partial charge in [0.25, 0.3) is 0 Å². The summed E-state index contributed by atoms with van der Waals surface area (Å²) in [4.78, 5) is 11.8. The van der Waals surface area contributed by atoms with Gasteiger partial charge in [0.1, 0.15) is 5.75 Å². The smallest absolute Gasteiger partial charge is 0.347 e. The molecule has 1 rings (SSSR count). The van der Waals surface area contributed by atoms with Crippen molar-refractivity contribution < 1.29 is 14.3 Å². The molecule has 1 aromatic rings. The van der Waals surface area contributed by atoms with Crippen LogP contribution in [-0.2, 0) is 9.53 Å². The second-order valence-corrected chi connectivity index (χ2v) is 4.86. The van der Waals surface area contributed by atoms with Gasteiger partial charge in [-0.05, 0) is 63.3 Å². The molecule has 0 saturated heterocycles. The van der Waals surface area contributed by atoms with Gasteiger partial charge in [0.15, 0.2) is 6.10 Å². The third-order valence-corrected chi connectivity index (χ3v) is 3.48. The number of rotatable bonds is 5. The number of carbonyl (C=O) groups is 1. The molecule has 1 aromatic carbocycles. The lowest BCUT2D eigenvalue weighted by molar-refractivity contribution is -0.151. The van der Waals surface area contributed by atoms with Crippen LogP contribution in [0.15, 0.2) is 6.07 Å². The largest absolute Gasteiger partial charge is 0.478 e. The summed E-state index contributed by atoms with van der Waals surface area (Å²) in [6.45, 7) is 12.3. The van der Waals surface area contributed by atoms with E-state index in [1.54, 1.807) is 6.92 Å². The molecule has 0 aliphatic rings. The quantitative estimate of drug-likeness (QED) is 0.762. The third-order valence-electron chi connectivity index (χ3n) is 3.48. The van der Waals surface area contributed by atoms with E-state index in [2.05, 4.69) is 19.9 Å². The zero-order valence-corrected chi connectivity index (χ0v) is 12.8. The van der Waals surface area contributed by atoms with Crippen LogP contribution in [0, 0.1) is 27.7 Å². The average molecular weight is 264 g/mol. The molecule has 106 valence electrons. The van der Waals surface area contributed by atoms with Crippen molar-refractivity contribution in [2.24, 2.45) is 0 Å². The molecule has 0 heterocycles. The van der Waals surface area contributed by atoms with Crippen LogP contribution in [0.4, 0.5) is 0 Å². The van der Waals surface area contributed by atoms with Gasteiger partial charge in [0.05, 0.1) is 6.61 Å². The maximum absolute atomic E-state index is 11.8. The second kappa shape index (κ2) is 6.60.